The third-order valence-corrected chi connectivity index (χ3v) is 6.47. The van der Waals surface area contributed by atoms with E-state index < -0.39 is 17.7 Å². The summed E-state index contributed by atoms with van der Waals surface area (Å²) in [6.07, 6.45) is 0. The molecule has 1 unspecified atom stereocenters. The second-order valence-corrected chi connectivity index (χ2v) is 9.31. The van der Waals surface area contributed by atoms with E-state index >= 15 is 0 Å². The van der Waals surface area contributed by atoms with Gasteiger partial charge in [-0.3, -0.25) is 14.5 Å². The molecule has 35 heavy (non-hydrogen) atoms. The van der Waals surface area contributed by atoms with E-state index in [1.165, 1.54) is 4.90 Å². The van der Waals surface area contributed by atoms with Crippen molar-refractivity contribution in [2.75, 3.05) is 11.5 Å². The average molecular weight is 490 g/mol. The molecule has 0 radical (unpaired) electrons. The molecule has 1 amide bonds. The van der Waals surface area contributed by atoms with Crippen molar-refractivity contribution in [3.8, 4) is 5.75 Å². The summed E-state index contributed by atoms with van der Waals surface area (Å²) in [4.78, 5) is 28.2. The molecule has 0 spiro atoms. The number of nitrogens with zero attached hydrogens (tertiary/aromatic N) is 1. The Balaban J connectivity index is 1.93. The molecule has 0 aromatic heterocycles. The molecule has 180 valence electrons. The van der Waals surface area contributed by atoms with Crippen molar-refractivity contribution < 1.29 is 19.4 Å². The molecular formula is C29H28ClNO4. The maximum atomic E-state index is 13.4. The Morgan fingerprint density at radius 1 is 1.06 bits per heavy atom. The van der Waals surface area contributed by atoms with Crippen molar-refractivity contribution in [3.63, 3.8) is 0 Å². The number of ketones is 1. The third kappa shape index (κ3) is 4.69. The number of Topliss-reactive ketones (excluding diaryl/α,β-unsaturated/α-hetero) is 1. The van der Waals surface area contributed by atoms with Crippen LogP contribution >= 0.6 is 11.6 Å². The van der Waals surface area contributed by atoms with Crippen molar-refractivity contribution in [2.24, 2.45) is 0 Å². The Bertz CT molecular complexity index is 1310. The fourth-order valence-electron chi connectivity index (χ4n) is 4.36. The zero-order chi connectivity index (χ0) is 25.3. The third-order valence-electron chi connectivity index (χ3n) is 6.14. The maximum absolute atomic E-state index is 13.4. The van der Waals surface area contributed by atoms with Gasteiger partial charge in [0.25, 0.3) is 11.7 Å². The van der Waals surface area contributed by atoms with Crippen LogP contribution in [0.1, 0.15) is 55.0 Å². The number of ether oxygens (including phenoxy) is 1. The fraction of sp³-hybridized carbons (Fsp3) is 0.241. The van der Waals surface area contributed by atoms with Crippen molar-refractivity contribution in [3.05, 3.63) is 99.6 Å². The maximum Gasteiger partial charge on any atom is 0.300 e. The first-order valence-corrected chi connectivity index (χ1v) is 12.0. The molecule has 5 nitrogen and oxygen atoms in total. The van der Waals surface area contributed by atoms with Gasteiger partial charge in [-0.25, -0.2) is 0 Å². The summed E-state index contributed by atoms with van der Waals surface area (Å²) in [5, 5.41) is 11.7. The largest absolute Gasteiger partial charge is 0.507 e. The van der Waals surface area contributed by atoms with Crippen LogP contribution in [0.5, 0.6) is 5.75 Å². The highest BCUT2D eigenvalue weighted by atomic mass is 35.5. The Morgan fingerprint density at radius 2 is 1.77 bits per heavy atom. The lowest BCUT2D eigenvalue weighted by Crippen LogP contribution is -2.29. The summed E-state index contributed by atoms with van der Waals surface area (Å²) in [5.74, 6) is -0.967. The van der Waals surface area contributed by atoms with Crippen LogP contribution in [0.25, 0.3) is 5.76 Å². The highest BCUT2D eigenvalue weighted by Gasteiger charge is 2.47. The summed E-state index contributed by atoms with van der Waals surface area (Å²) in [7, 11) is 0. The second kappa shape index (κ2) is 9.96. The van der Waals surface area contributed by atoms with E-state index in [0.29, 0.717) is 24.0 Å². The number of benzene rings is 3. The first kappa shape index (κ1) is 24.6. The summed E-state index contributed by atoms with van der Waals surface area (Å²) >= 11 is 6.41. The van der Waals surface area contributed by atoms with E-state index in [-0.39, 0.29) is 21.9 Å². The molecule has 0 saturated carbocycles. The minimum atomic E-state index is -0.813. The van der Waals surface area contributed by atoms with Crippen molar-refractivity contribution in [1.29, 1.82) is 0 Å². The van der Waals surface area contributed by atoms with Gasteiger partial charge in [-0.15, -0.1) is 0 Å². The topological polar surface area (TPSA) is 66.8 Å². The van der Waals surface area contributed by atoms with Crippen LogP contribution in [0.4, 0.5) is 5.69 Å². The molecule has 0 aliphatic carbocycles. The predicted octanol–water partition coefficient (Wildman–Crippen LogP) is 6.80. The summed E-state index contributed by atoms with van der Waals surface area (Å²) in [6, 6.07) is 19.2. The van der Waals surface area contributed by atoms with Gasteiger partial charge in [0.2, 0.25) is 0 Å². The molecule has 1 aliphatic rings. The van der Waals surface area contributed by atoms with Gasteiger partial charge in [0.15, 0.2) is 0 Å². The molecule has 4 rings (SSSR count). The fourth-order valence-corrected chi connectivity index (χ4v) is 4.57. The Kier molecular flexibility index (Phi) is 6.99. The number of carbonyl (C=O) groups is 2. The molecule has 3 aromatic carbocycles. The Hall–Kier alpha value is -3.57. The number of aryl methyl sites for hydroxylation is 1. The molecule has 6 heteroatoms. The van der Waals surface area contributed by atoms with Gasteiger partial charge in [0, 0.05) is 11.3 Å². The number of carbonyl (C=O) groups excluding carboxylic acids is 2. The molecule has 1 atom stereocenters. The van der Waals surface area contributed by atoms with Gasteiger partial charge in [0.1, 0.15) is 11.5 Å². The summed E-state index contributed by atoms with van der Waals surface area (Å²) in [6.45, 7) is 8.40. The Morgan fingerprint density at radius 3 is 2.40 bits per heavy atom. The molecule has 3 aromatic rings. The van der Waals surface area contributed by atoms with E-state index in [1.54, 1.807) is 18.2 Å². The minimum absolute atomic E-state index is 0.0101. The second-order valence-electron chi connectivity index (χ2n) is 8.90. The van der Waals surface area contributed by atoms with Crippen LogP contribution in [0.2, 0.25) is 5.02 Å². The van der Waals surface area contributed by atoms with Crippen LogP contribution in [-0.4, -0.2) is 23.4 Å². The van der Waals surface area contributed by atoms with Crippen LogP contribution < -0.4 is 9.64 Å². The lowest BCUT2D eigenvalue weighted by Gasteiger charge is -2.26. The van der Waals surface area contributed by atoms with Gasteiger partial charge in [-0.2, -0.15) is 0 Å². The molecule has 1 aliphatic heterocycles. The van der Waals surface area contributed by atoms with Gasteiger partial charge in [-0.05, 0) is 61.2 Å². The van der Waals surface area contributed by atoms with Gasteiger partial charge in [0.05, 0.1) is 23.2 Å². The van der Waals surface area contributed by atoms with Crippen LogP contribution in [0.3, 0.4) is 0 Å². The van der Waals surface area contributed by atoms with Gasteiger partial charge in [-0.1, -0.05) is 67.4 Å². The quantitative estimate of drug-likeness (QED) is 0.235. The number of rotatable bonds is 6. The number of hydrogen-bond acceptors (Lipinski definition) is 4. The number of halogens is 1. The molecule has 1 fully saturated rings. The monoisotopic (exact) mass is 489 g/mol. The molecule has 1 N–H and O–H groups in total. The Labute approximate surface area is 210 Å². The number of amides is 1. The van der Waals surface area contributed by atoms with E-state index in [0.717, 1.165) is 16.7 Å². The minimum Gasteiger partial charge on any atom is -0.507 e. The summed E-state index contributed by atoms with van der Waals surface area (Å²) in [5.41, 5.74) is 3.62. The zero-order valence-corrected chi connectivity index (χ0v) is 21.0. The average Bonchev–Trinajstić information content (AvgIpc) is 3.10. The highest BCUT2D eigenvalue weighted by molar-refractivity contribution is 6.52. The van der Waals surface area contributed by atoms with E-state index in [1.807, 2.05) is 62.4 Å². The SMILES string of the molecule is CCOc1ccc(Cl)c(/C(O)=C2\C(=O)C(=O)N(c3ccc(C(C)C)cc3)C2c2cccc(C)c2)c1. The van der Waals surface area contributed by atoms with Crippen LogP contribution in [0, 0.1) is 6.92 Å². The zero-order valence-electron chi connectivity index (χ0n) is 20.2. The molecule has 0 bridgehead atoms. The van der Waals surface area contributed by atoms with Crippen molar-refractivity contribution in [1.82, 2.24) is 0 Å². The van der Waals surface area contributed by atoms with E-state index in [4.69, 9.17) is 16.3 Å². The lowest BCUT2D eigenvalue weighted by atomic mass is 9.94. The van der Waals surface area contributed by atoms with Gasteiger partial charge < -0.3 is 9.84 Å². The first-order valence-electron chi connectivity index (χ1n) is 11.6. The normalized spacial score (nSPS) is 17.3. The molecule has 1 heterocycles. The number of hydrogen-bond donors (Lipinski definition) is 1. The number of anilines is 1. The van der Waals surface area contributed by atoms with Crippen LogP contribution in [0.15, 0.2) is 72.3 Å². The number of aliphatic hydroxyl groups is 1. The van der Waals surface area contributed by atoms with Crippen molar-refractivity contribution >= 4 is 34.7 Å². The number of aliphatic hydroxyl groups excluding tert-OH is 1. The molecule has 1 saturated heterocycles. The van der Waals surface area contributed by atoms with Gasteiger partial charge >= 0.3 is 0 Å². The standard InChI is InChI=1S/C29H28ClNO4/c1-5-35-22-13-14-24(30)23(16-22)27(32)25-26(20-8-6-7-18(4)15-20)31(29(34)28(25)33)21-11-9-19(10-12-21)17(2)3/h6-17,26,32H,5H2,1-4H3/b27-25+. The first-order chi connectivity index (χ1) is 16.7. The van der Waals surface area contributed by atoms with E-state index in [9.17, 15) is 14.7 Å². The van der Waals surface area contributed by atoms with Crippen LogP contribution in [-0.2, 0) is 9.59 Å². The van der Waals surface area contributed by atoms with E-state index in [2.05, 4.69) is 13.8 Å². The predicted molar refractivity (Wildman–Crippen MR) is 139 cm³/mol. The smallest absolute Gasteiger partial charge is 0.300 e. The highest BCUT2D eigenvalue weighted by Crippen LogP contribution is 2.43. The lowest BCUT2D eigenvalue weighted by molar-refractivity contribution is -0.132. The van der Waals surface area contributed by atoms with Crippen molar-refractivity contribution in [2.45, 2.75) is 39.7 Å². The summed E-state index contributed by atoms with van der Waals surface area (Å²) < 4.78 is 5.56. The molecular weight excluding hydrogens is 462 g/mol.